The molecule has 0 bridgehead atoms. The van der Waals surface area contributed by atoms with E-state index >= 15 is 0 Å². The van der Waals surface area contributed by atoms with Gasteiger partial charge in [-0.15, -0.1) is 0 Å². The van der Waals surface area contributed by atoms with E-state index in [0.717, 1.165) is 33.9 Å². The molecule has 0 N–H and O–H groups in total. The van der Waals surface area contributed by atoms with Gasteiger partial charge in [-0.25, -0.2) is 0 Å². The second kappa shape index (κ2) is 13.1. The molecular formula is C43H35N2P. The predicted molar refractivity (Wildman–Crippen MR) is 195 cm³/mol. The molecule has 0 radical (unpaired) electrons. The third-order valence-electron chi connectivity index (χ3n) is 8.52. The molecule has 0 unspecified atom stereocenters. The van der Waals surface area contributed by atoms with Crippen LogP contribution in [0.4, 0.5) is 0 Å². The molecule has 7 aromatic rings. The van der Waals surface area contributed by atoms with Crippen molar-refractivity contribution in [3.05, 3.63) is 198 Å². The fourth-order valence-corrected chi connectivity index (χ4v) is 9.33. The predicted octanol–water partition coefficient (Wildman–Crippen LogP) is 9.29. The van der Waals surface area contributed by atoms with Gasteiger partial charge in [0.15, 0.2) is 0 Å². The molecule has 222 valence electrons. The number of pyridine rings is 2. The molecular weight excluding hydrogens is 575 g/mol. The van der Waals surface area contributed by atoms with Crippen LogP contribution in [0, 0.1) is 0 Å². The number of hydrogen-bond donors (Lipinski definition) is 0. The summed E-state index contributed by atoms with van der Waals surface area (Å²) in [5.74, 6) is 0. The first-order chi connectivity index (χ1) is 22.8. The summed E-state index contributed by atoms with van der Waals surface area (Å²) >= 11 is 0. The minimum absolute atomic E-state index is 0.726. The summed E-state index contributed by atoms with van der Waals surface area (Å²) in [6.07, 6.45) is 0. The van der Waals surface area contributed by atoms with E-state index < -0.39 is 13.3 Å². The highest BCUT2D eigenvalue weighted by atomic mass is 31.1. The van der Waals surface area contributed by atoms with Crippen molar-refractivity contribution in [1.29, 1.82) is 0 Å². The van der Waals surface area contributed by atoms with Gasteiger partial charge in [0.25, 0.3) is 0 Å². The Morgan fingerprint density at radius 1 is 0.391 bits per heavy atom. The number of benzene rings is 5. The van der Waals surface area contributed by atoms with Crippen LogP contribution in [0.25, 0.3) is 22.5 Å². The summed E-state index contributed by atoms with van der Waals surface area (Å²) < 4.78 is 0. The maximum atomic E-state index is 5.48. The van der Waals surface area contributed by atoms with Crippen LogP contribution in [-0.2, 0) is 5.41 Å². The van der Waals surface area contributed by atoms with Crippen LogP contribution >= 0.6 is 7.92 Å². The summed E-state index contributed by atoms with van der Waals surface area (Å²) in [7, 11) is -0.796. The van der Waals surface area contributed by atoms with Crippen LogP contribution in [-0.4, -0.2) is 9.97 Å². The van der Waals surface area contributed by atoms with Crippen LogP contribution in [0.5, 0.6) is 0 Å². The fourth-order valence-electron chi connectivity index (χ4n) is 6.61. The molecule has 5 aromatic carbocycles. The Morgan fingerprint density at radius 3 is 1.24 bits per heavy atom. The highest BCUT2D eigenvalue weighted by molar-refractivity contribution is 7.80. The second-order valence-electron chi connectivity index (χ2n) is 11.0. The standard InChI is InChI=1S/C41H29N2P.C2H6/c1-4-16-30(17-5-1)35-24-14-28-39(42-35)41(40-29-15-25-36(43-40)31-18-6-2-7-19-31)33-22-10-12-26-37(33)44(32-20-8-3-9-21-32)38-27-13-11-23-34(38)41;1-2/h1-29H;1-2H3. The summed E-state index contributed by atoms with van der Waals surface area (Å²) in [6, 6.07) is 62.7. The van der Waals surface area contributed by atoms with E-state index in [2.05, 4.69) is 164 Å². The first kappa shape index (κ1) is 29.5. The molecule has 0 saturated carbocycles. The first-order valence-corrected chi connectivity index (χ1v) is 17.3. The molecule has 46 heavy (non-hydrogen) atoms. The SMILES string of the molecule is CC.c1ccc(-c2cccc(C3(c4cccc(-c5ccccc5)n4)c4ccccc4P(c4ccccc4)c4ccccc43)n2)cc1. The Balaban J connectivity index is 0.00000166. The lowest BCUT2D eigenvalue weighted by Gasteiger charge is -2.43. The van der Waals surface area contributed by atoms with Crippen molar-refractivity contribution in [2.75, 3.05) is 0 Å². The van der Waals surface area contributed by atoms with E-state index in [-0.39, 0.29) is 0 Å². The Bertz CT molecular complexity index is 1940. The maximum absolute atomic E-state index is 5.48. The van der Waals surface area contributed by atoms with Crippen LogP contribution < -0.4 is 15.9 Å². The summed E-state index contributed by atoms with van der Waals surface area (Å²) in [5, 5.41) is 4.02. The average molecular weight is 611 g/mol. The first-order valence-electron chi connectivity index (χ1n) is 15.9. The van der Waals surface area contributed by atoms with Gasteiger partial charge in [-0.3, -0.25) is 9.97 Å². The highest BCUT2D eigenvalue weighted by Gasteiger charge is 2.49. The monoisotopic (exact) mass is 610 g/mol. The molecule has 0 fully saturated rings. The van der Waals surface area contributed by atoms with Gasteiger partial charge in [-0.2, -0.15) is 0 Å². The molecule has 2 nitrogen and oxygen atoms in total. The van der Waals surface area contributed by atoms with E-state index in [0.29, 0.717) is 0 Å². The lowest BCUT2D eigenvalue weighted by atomic mass is 9.68. The van der Waals surface area contributed by atoms with Gasteiger partial charge in [0, 0.05) is 11.1 Å². The molecule has 0 atom stereocenters. The Kier molecular flexibility index (Phi) is 8.38. The third-order valence-corrected chi connectivity index (χ3v) is 11.1. The quantitative estimate of drug-likeness (QED) is 0.182. The summed E-state index contributed by atoms with van der Waals surface area (Å²) in [5.41, 5.74) is 7.79. The number of aromatic nitrogens is 2. The van der Waals surface area contributed by atoms with Gasteiger partial charge in [-0.1, -0.05) is 166 Å². The zero-order chi connectivity index (χ0) is 31.3. The molecule has 1 aliphatic heterocycles. The van der Waals surface area contributed by atoms with E-state index in [1.165, 1.54) is 27.0 Å². The molecule has 3 heteroatoms. The van der Waals surface area contributed by atoms with Gasteiger partial charge >= 0.3 is 0 Å². The molecule has 2 aromatic heterocycles. The van der Waals surface area contributed by atoms with Crippen molar-refractivity contribution in [3.8, 4) is 22.5 Å². The molecule has 1 aliphatic rings. The van der Waals surface area contributed by atoms with E-state index in [1.54, 1.807) is 0 Å². The average Bonchev–Trinajstić information content (AvgIpc) is 3.16. The smallest absolute Gasteiger partial charge is 0.106 e. The maximum Gasteiger partial charge on any atom is 0.106 e. The van der Waals surface area contributed by atoms with Crippen LogP contribution in [0.2, 0.25) is 0 Å². The van der Waals surface area contributed by atoms with Crippen LogP contribution in [0.3, 0.4) is 0 Å². The van der Waals surface area contributed by atoms with Crippen molar-refractivity contribution in [2.45, 2.75) is 19.3 Å². The summed E-state index contributed by atoms with van der Waals surface area (Å²) in [4.78, 5) is 11.0. The van der Waals surface area contributed by atoms with Crippen molar-refractivity contribution in [2.24, 2.45) is 0 Å². The molecule has 3 heterocycles. The Labute approximate surface area is 273 Å². The topological polar surface area (TPSA) is 25.8 Å². The highest BCUT2D eigenvalue weighted by Crippen LogP contribution is 2.52. The molecule has 0 amide bonds. The number of hydrogen-bond acceptors (Lipinski definition) is 2. The van der Waals surface area contributed by atoms with Gasteiger partial charge in [0.2, 0.25) is 0 Å². The Hall–Kier alpha value is -5.17. The van der Waals surface area contributed by atoms with Crippen molar-refractivity contribution < 1.29 is 0 Å². The molecule has 0 aliphatic carbocycles. The zero-order valence-electron chi connectivity index (χ0n) is 26.1. The number of fused-ring (bicyclic) bond motifs is 2. The number of rotatable bonds is 5. The van der Waals surface area contributed by atoms with Crippen LogP contribution in [0.1, 0.15) is 36.4 Å². The minimum atomic E-state index is -0.796. The van der Waals surface area contributed by atoms with Crippen molar-refractivity contribution >= 4 is 23.8 Å². The van der Waals surface area contributed by atoms with Gasteiger partial charge < -0.3 is 0 Å². The van der Waals surface area contributed by atoms with E-state index in [4.69, 9.17) is 9.97 Å². The molecule has 8 rings (SSSR count). The second-order valence-corrected chi connectivity index (χ2v) is 13.2. The van der Waals surface area contributed by atoms with E-state index in [1.807, 2.05) is 26.0 Å². The lowest BCUT2D eigenvalue weighted by molar-refractivity contribution is 0.695. The third kappa shape index (κ3) is 5.06. The molecule has 0 spiro atoms. The lowest BCUT2D eigenvalue weighted by Crippen LogP contribution is -2.46. The Morgan fingerprint density at radius 2 is 0.783 bits per heavy atom. The van der Waals surface area contributed by atoms with Gasteiger partial charge in [-0.05, 0) is 59.2 Å². The normalized spacial score (nSPS) is 13.1. The molecule has 0 saturated heterocycles. The van der Waals surface area contributed by atoms with Crippen molar-refractivity contribution in [1.82, 2.24) is 9.97 Å². The number of nitrogens with zero attached hydrogens (tertiary/aromatic N) is 2. The minimum Gasteiger partial charge on any atom is -0.251 e. The van der Waals surface area contributed by atoms with Crippen molar-refractivity contribution in [3.63, 3.8) is 0 Å². The van der Waals surface area contributed by atoms with Gasteiger partial charge in [0.1, 0.15) is 5.41 Å². The van der Waals surface area contributed by atoms with E-state index in [9.17, 15) is 0 Å². The summed E-state index contributed by atoms with van der Waals surface area (Å²) in [6.45, 7) is 4.00. The van der Waals surface area contributed by atoms with Crippen LogP contribution in [0.15, 0.2) is 176 Å². The van der Waals surface area contributed by atoms with Gasteiger partial charge in [0.05, 0.1) is 22.8 Å². The fraction of sp³-hybridized carbons (Fsp3) is 0.0698. The largest absolute Gasteiger partial charge is 0.251 e. The zero-order valence-corrected chi connectivity index (χ0v) is 27.0.